The zero-order valence-corrected chi connectivity index (χ0v) is 19.3. The monoisotopic (exact) mass is 511 g/mol. The number of benzene rings is 2. The number of hydrogen-bond acceptors (Lipinski definition) is 2. The van der Waals surface area contributed by atoms with Crippen molar-refractivity contribution in [1.82, 2.24) is 4.57 Å². The van der Waals surface area contributed by atoms with Crippen molar-refractivity contribution >= 4 is 34.3 Å². The van der Waals surface area contributed by atoms with E-state index < -0.39 is 35.2 Å². The van der Waals surface area contributed by atoms with Crippen LogP contribution in [0.4, 0.5) is 36.4 Å². The predicted octanol–water partition coefficient (Wildman–Crippen LogP) is 6.90. The van der Waals surface area contributed by atoms with Crippen molar-refractivity contribution in [1.29, 1.82) is 0 Å². The topological polar surface area (TPSA) is 37.6 Å². The number of amides is 1. The molecule has 2 heterocycles. The lowest BCUT2D eigenvalue weighted by molar-refractivity contribution is -0.336. The SMILES string of the molecule is CCn1c(C)c(/C=C2/C(=O)N(c3ccccc3)N=C2C(F)(F)C(F)(F)C(F)(F)F)c2cc(C)ccc21. The van der Waals surface area contributed by atoms with Gasteiger partial charge in [0.15, 0.2) is 5.71 Å². The molecule has 0 aliphatic carbocycles. The quantitative estimate of drug-likeness (QED) is 0.271. The van der Waals surface area contributed by atoms with Crippen molar-refractivity contribution < 1.29 is 35.5 Å². The highest BCUT2D eigenvalue weighted by molar-refractivity contribution is 6.35. The zero-order chi connectivity index (χ0) is 26.6. The van der Waals surface area contributed by atoms with Crippen LogP contribution >= 0.6 is 0 Å². The second-order valence-electron chi connectivity index (χ2n) is 8.37. The molecule has 4 rings (SSSR count). The summed E-state index contributed by atoms with van der Waals surface area (Å²) in [5.74, 6) is -13.6. The average Bonchev–Trinajstić information content (AvgIpc) is 3.27. The lowest BCUT2D eigenvalue weighted by Crippen LogP contribution is -2.56. The Morgan fingerprint density at radius 1 is 0.944 bits per heavy atom. The van der Waals surface area contributed by atoms with Gasteiger partial charge in [-0.2, -0.15) is 40.8 Å². The fourth-order valence-corrected chi connectivity index (χ4v) is 4.20. The van der Waals surface area contributed by atoms with Gasteiger partial charge >= 0.3 is 18.0 Å². The summed E-state index contributed by atoms with van der Waals surface area (Å²) < 4.78 is 98.9. The minimum absolute atomic E-state index is 0.0712. The Bertz CT molecular complexity index is 1400. The number of aryl methyl sites for hydroxylation is 2. The average molecular weight is 511 g/mol. The lowest BCUT2D eigenvalue weighted by Gasteiger charge is -2.27. The van der Waals surface area contributed by atoms with Gasteiger partial charge in [-0.3, -0.25) is 4.79 Å². The molecule has 1 aromatic heterocycles. The zero-order valence-electron chi connectivity index (χ0n) is 19.3. The largest absolute Gasteiger partial charge is 0.460 e. The van der Waals surface area contributed by atoms with E-state index in [9.17, 15) is 35.5 Å². The van der Waals surface area contributed by atoms with Crippen molar-refractivity contribution in [2.24, 2.45) is 5.10 Å². The lowest BCUT2D eigenvalue weighted by atomic mass is 9.96. The maximum Gasteiger partial charge on any atom is 0.460 e. The molecule has 1 amide bonds. The molecule has 0 atom stereocenters. The Morgan fingerprint density at radius 3 is 2.17 bits per heavy atom. The first-order valence-corrected chi connectivity index (χ1v) is 10.8. The Kier molecular flexibility index (Phi) is 6.01. The number of nitrogens with zero attached hydrogens (tertiary/aromatic N) is 3. The third-order valence-electron chi connectivity index (χ3n) is 6.06. The molecule has 0 spiro atoms. The van der Waals surface area contributed by atoms with Gasteiger partial charge in [0.25, 0.3) is 5.91 Å². The molecule has 0 radical (unpaired) electrons. The fraction of sp³-hybridized carbons (Fsp3) is 0.280. The molecule has 1 aliphatic heterocycles. The number of anilines is 1. The van der Waals surface area contributed by atoms with Gasteiger partial charge in [0.1, 0.15) is 0 Å². The second-order valence-corrected chi connectivity index (χ2v) is 8.37. The van der Waals surface area contributed by atoms with Crippen molar-refractivity contribution in [3.8, 4) is 0 Å². The van der Waals surface area contributed by atoms with Crippen LogP contribution in [-0.4, -0.2) is 34.2 Å². The van der Waals surface area contributed by atoms with Gasteiger partial charge in [-0.05, 0) is 51.1 Å². The number of rotatable bonds is 5. The molecule has 0 bridgehead atoms. The molecule has 0 unspecified atom stereocenters. The molecule has 4 nitrogen and oxygen atoms in total. The molecule has 0 fully saturated rings. The molecule has 0 saturated heterocycles. The summed E-state index contributed by atoms with van der Waals surface area (Å²) in [6.07, 6.45) is -5.66. The normalized spacial score (nSPS) is 16.4. The van der Waals surface area contributed by atoms with Gasteiger partial charge in [0.05, 0.1) is 11.3 Å². The molecular weight excluding hydrogens is 491 g/mol. The molecule has 11 heteroatoms. The number of aromatic nitrogens is 1. The van der Waals surface area contributed by atoms with E-state index in [1.54, 1.807) is 32.0 Å². The van der Waals surface area contributed by atoms with Crippen LogP contribution in [0, 0.1) is 13.8 Å². The third-order valence-corrected chi connectivity index (χ3v) is 6.06. The Hall–Kier alpha value is -3.63. The summed E-state index contributed by atoms with van der Waals surface area (Å²) in [7, 11) is 0. The van der Waals surface area contributed by atoms with Gasteiger partial charge in [-0.1, -0.05) is 29.8 Å². The third kappa shape index (κ3) is 3.77. The molecule has 0 saturated carbocycles. The van der Waals surface area contributed by atoms with Gasteiger partial charge in [0, 0.05) is 28.7 Å². The minimum atomic E-state index is -6.58. The summed E-state index contributed by atoms with van der Waals surface area (Å²) in [5.41, 5.74) is -0.839. The Labute approximate surface area is 201 Å². The standard InChI is InChI=1S/C25H20F7N3O/c1-4-34-15(3)17(18-12-14(2)10-11-20(18)34)13-19-21(23(26,27)24(28,29)25(30,31)32)33-35(22(19)36)16-8-6-5-7-9-16/h5-13H,4H2,1-3H3/b19-13+. The van der Waals surface area contributed by atoms with Crippen LogP contribution in [0.3, 0.4) is 0 Å². The molecule has 36 heavy (non-hydrogen) atoms. The van der Waals surface area contributed by atoms with Gasteiger partial charge < -0.3 is 4.57 Å². The van der Waals surface area contributed by atoms with Gasteiger partial charge in [0.2, 0.25) is 0 Å². The van der Waals surface area contributed by atoms with E-state index in [0.717, 1.165) is 11.6 Å². The van der Waals surface area contributed by atoms with Crippen molar-refractivity contribution in [3.63, 3.8) is 0 Å². The van der Waals surface area contributed by atoms with Gasteiger partial charge in [-0.25, -0.2) is 0 Å². The van der Waals surface area contributed by atoms with E-state index in [-0.39, 0.29) is 11.3 Å². The predicted molar refractivity (Wildman–Crippen MR) is 122 cm³/mol. The Morgan fingerprint density at radius 2 is 1.58 bits per heavy atom. The van der Waals surface area contributed by atoms with Crippen LogP contribution < -0.4 is 5.01 Å². The number of hydrogen-bond donors (Lipinski definition) is 0. The van der Waals surface area contributed by atoms with Crippen LogP contribution in [-0.2, 0) is 11.3 Å². The Balaban J connectivity index is 2.00. The van der Waals surface area contributed by atoms with E-state index in [4.69, 9.17) is 0 Å². The first-order chi connectivity index (χ1) is 16.7. The summed E-state index contributed by atoms with van der Waals surface area (Å²) >= 11 is 0. The van der Waals surface area contributed by atoms with E-state index in [1.165, 1.54) is 24.3 Å². The van der Waals surface area contributed by atoms with Crippen LogP contribution in [0.2, 0.25) is 0 Å². The summed E-state index contributed by atoms with van der Waals surface area (Å²) in [4.78, 5) is 13.2. The first kappa shape index (κ1) is 25.5. The maximum absolute atomic E-state index is 14.9. The molecule has 3 aromatic rings. The molecule has 1 aliphatic rings. The number of fused-ring (bicyclic) bond motifs is 1. The number of hydrazone groups is 1. The number of para-hydroxylation sites is 1. The van der Waals surface area contributed by atoms with Crippen LogP contribution in [0.15, 0.2) is 59.2 Å². The maximum atomic E-state index is 14.9. The van der Waals surface area contributed by atoms with Crippen LogP contribution in [0.5, 0.6) is 0 Å². The first-order valence-electron chi connectivity index (χ1n) is 10.8. The van der Waals surface area contributed by atoms with Crippen molar-refractivity contribution in [3.05, 3.63) is 70.9 Å². The van der Waals surface area contributed by atoms with E-state index in [1.807, 2.05) is 17.6 Å². The minimum Gasteiger partial charge on any atom is -0.345 e. The molecule has 190 valence electrons. The number of carbonyl (C=O) groups is 1. The fourth-order valence-electron chi connectivity index (χ4n) is 4.20. The number of alkyl halides is 7. The van der Waals surface area contributed by atoms with Crippen LogP contribution in [0.25, 0.3) is 17.0 Å². The van der Waals surface area contributed by atoms with Crippen molar-refractivity contribution in [2.75, 3.05) is 5.01 Å². The highest BCUT2D eigenvalue weighted by Crippen LogP contribution is 2.49. The van der Waals surface area contributed by atoms with Crippen LogP contribution in [0.1, 0.15) is 23.7 Å². The summed E-state index contributed by atoms with van der Waals surface area (Å²) in [5, 5.41) is 4.25. The number of carbonyl (C=O) groups excluding carboxylic acids is 1. The van der Waals surface area contributed by atoms with E-state index >= 15 is 0 Å². The van der Waals surface area contributed by atoms with E-state index in [2.05, 4.69) is 5.10 Å². The summed E-state index contributed by atoms with van der Waals surface area (Å²) in [6, 6.07) is 12.3. The van der Waals surface area contributed by atoms with E-state index in [0.29, 0.717) is 28.2 Å². The van der Waals surface area contributed by atoms with Gasteiger partial charge in [-0.15, -0.1) is 0 Å². The number of halogens is 7. The highest BCUT2D eigenvalue weighted by atomic mass is 19.4. The molecule has 2 aromatic carbocycles. The summed E-state index contributed by atoms with van der Waals surface area (Å²) in [6.45, 7) is 5.70. The molecular formula is C25H20F7N3O. The second kappa shape index (κ2) is 8.49. The highest BCUT2D eigenvalue weighted by Gasteiger charge is 2.76. The van der Waals surface area contributed by atoms with Crippen molar-refractivity contribution in [2.45, 2.75) is 45.3 Å². The smallest absolute Gasteiger partial charge is 0.345 e. The molecule has 0 N–H and O–H groups in total.